The van der Waals surface area contributed by atoms with Crippen LogP contribution >= 0.6 is 0 Å². The van der Waals surface area contributed by atoms with E-state index in [2.05, 4.69) is 19.2 Å². The van der Waals surface area contributed by atoms with Crippen LogP contribution in [0.15, 0.2) is 0 Å². The lowest BCUT2D eigenvalue weighted by Crippen LogP contribution is -2.44. The van der Waals surface area contributed by atoms with Gasteiger partial charge >= 0.3 is 0 Å². The second-order valence-electron chi connectivity index (χ2n) is 4.05. The largest absolute Gasteiger partial charge is 0.352 e. The van der Waals surface area contributed by atoms with Crippen LogP contribution in [0.25, 0.3) is 0 Å². The minimum Gasteiger partial charge on any atom is -0.352 e. The molecular weight excluding hydrogens is 164 g/mol. The summed E-state index contributed by atoms with van der Waals surface area (Å²) in [5, 5.41) is 2.87. The molecule has 0 aromatic rings. The third-order valence-corrected chi connectivity index (χ3v) is 2.06. The van der Waals surface area contributed by atoms with Crippen LogP contribution in [0.1, 0.15) is 40.5 Å². The Hall–Kier alpha value is -0.570. The van der Waals surface area contributed by atoms with Crippen LogP contribution < -0.4 is 11.1 Å². The molecule has 0 saturated carbocycles. The van der Waals surface area contributed by atoms with Crippen molar-refractivity contribution >= 4 is 5.91 Å². The molecule has 0 radical (unpaired) electrons. The van der Waals surface area contributed by atoms with Crippen molar-refractivity contribution in [2.45, 2.75) is 52.6 Å². The minimum atomic E-state index is -0.353. The maximum atomic E-state index is 11.4. The van der Waals surface area contributed by atoms with E-state index in [4.69, 9.17) is 5.73 Å². The standard InChI is InChI=1S/C10H22N2O/c1-5-8(4)12-10(13)9(11)6-7(2)3/h7-9H,5-6,11H2,1-4H3,(H,12,13)/t8-,9-/m0/s1. The first-order chi connectivity index (χ1) is 5.97. The van der Waals surface area contributed by atoms with Crippen molar-refractivity contribution in [3.05, 3.63) is 0 Å². The molecule has 2 atom stereocenters. The van der Waals surface area contributed by atoms with Crippen molar-refractivity contribution in [1.82, 2.24) is 5.32 Å². The highest BCUT2D eigenvalue weighted by atomic mass is 16.2. The molecule has 0 saturated heterocycles. The highest BCUT2D eigenvalue weighted by molar-refractivity contribution is 5.81. The molecule has 78 valence electrons. The van der Waals surface area contributed by atoms with Gasteiger partial charge in [0.15, 0.2) is 0 Å². The van der Waals surface area contributed by atoms with E-state index in [0.29, 0.717) is 5.92 Å². The van der Waals surface area contributed by atoms with Crippen LogP contribution in [-0.4, -0.2) is 18.0 Å². The quantitative estimate of drug-likeness (QED) is 0.679. The van der Waals surface area contributed by atoms with Gasteiger partial charge in [-0.1, -0.05) is 20.8 Å². The van der Waals surface area contributed by atoms with Crippen molar-refractivity contribution < 1.29 is 4.79 Å². The Morgan fingerprint density at radius 2 is 1.92 bits per heavy atom. The van der Waals surface area contributed by atoms with E-state index < -0.39 is 0 Å². The van der Waals surface area contributed by atoms with Crippen molar-refractivity contribution in [1.29, 1.82) is 0 Å². The van der Waals surface area contributed by atoms with E-state index in [1.54, 1.807) is 0 Å². The average molecular weight is 186 g/mol. The number of carbonyl (C=O) groups excluding carboxylic acids is 1. The predicted octanol–water partition coefficient (Wildman–Crippen LogP) is 1.27. The number of carbonyl (C=O) groups is 1. The Balaban J connectivity index is 3.82. The topological polar surface area (TPSA) is 55.1 Å². The van der Waals surface area contributed by atoms with Crippen LogP contribution in [0.4, 0.5) is 0 Å². The Labute approximate surface area is 81.1 Å². The van der Waals surface area contributed by atoms with E-state index >= 15 is 0 Å². The summed E-state index contributed by atoms with van der Waals surface area (Å²) in [5.41, 5.74) is 5.71. The number of rotatable bonds is 5. The van der Waals surface area contributed by atoms with Crippen LogP contribution in [0.5, 0.6) is 0 Å². The van der Waals surface area contributed by atoms with Gasteiger partial charge in [0.2, 0.25) is 5.91 Å². The highest BCUT2D eigenvalue weighted by Gasteiger charge is 2.15. The van der Waals surface area contributed by atoms with Gasteiger partial charge in [0.05, 0.1) is 6.04 Å². The molecule has 0 spiro atoms. The van der Waals surface area contributed by atoms with E-state index in [1.165, 1.54) is 0 Å². The first-order valence-electron chi connectivity index (χ1n) is 5.03. The first kappa shape index (κ1) is 12.4. The molecule has 3 nitrogen and oxygen atoms in total. The van der Waals surface area contributed by atoms with Crippen molar-refractivity contribution in [3.8, 4) is 0 Å². The zero-order chi connectivity index (χ0) is 10.4. The van der Waals surface area contributed by atoms with Crippen molar-refractivity contribution in [2.75, 3.05) is 0 Å². The minimum absolute atomic E-state index is 0.0250. The number of nitrogens with two attached hydrogens (primary N) is 1. The molecule has 13 heavy (non-hydrogen) atoms. The van der Waals surface area contributed by atoms with Crippen LogP contribution in [0, 0.1) is 5.92 Å². The van der Waals surface area contributed by atoms with E-state index in [9.17, 15) is 4.79 Å². The molecule has 3 N–H and O–H groups in total. The summed E-state index contributed by atoms with van der Waals surface area (Å²) in [6.07, 6.45) is 1.70. The third-order valence-electron chi connectivity index (χ3n) is 2.06. The third kappa shape index (κ3) is 5.64. The predicted molar refractivity (Wildman–Crippen MR) is 55.3 cm³/mol. The monoisotopic (exact) mass is 186 g/mol. The van der Waals surface area contributed by atoms with E-state index in [-0.39, 0.29) is 18.0 Å². The van der Waals surface area contributed by atoms with E-state index in [1.807, 2.05) is 13.8 Å². The van der Waals surface area contributed by atoms with Crippen molar-refractivity contribution in [3.63, 3.8) is 0 Å². The molecule has 3 heteroatoms. The van der Waals surface area contributed by atoms with Gasteiger partial charge in [-0.15, -0.1) is 0 Å². The van der Waals surface area contributed by atoms with Gasteiger partial charge in [0, 0.05) is 6.04 Å². The number of nitrogens with one attached hydrogen (secondary N) is 1. The normalized spacial score (nSPS) is 15.5. The second-order valence-corrected chi connectivity index (χ2v) is 4.05. The van der Waals surface area contributed by atoms with Crippen LogP contribution in [0.3, 0.4) is 0 Å². The summed E-state index contributed by atoms with van der Waals surface area (Å²) in [5.74, 6) is 0.445. The summed E-state index contributed by atoms with van der Waals surface area (Å²) >= 11 is 0. The molecule has 0 fully saturated rings. The van der Waals surface area contributed by atoms with Gasteiger partial charge in [-0.05, 0) is 25.7 Å². The molecule has 0 aromatic heterocycles. The Morgan fingerprint density at radius 3 is 2.31 bits per heavy atom. The molecule has 0 aliphatic heterocycles. The Bertz CT molecular complexity index is 157. The lowest BCUT2D eigenvalue weighted by atomic mass is 10.0. The maximum Gasteiger partial charge on any atom is 0.237 e. The summed E-state index contributed by atoms with van der Waals surface area (Å²) < 4.78 is 0. The smallest absolute Gasteiger partial charge is 0.237 e. The van der Waals surface area contributed by atoms with Crippen LogP contribution in [-0.2, 0) is 4.79 Å². The molecule has 0 aromatic carbocycles. The summed E-state index contributed by atoms with van der Waals surface area (Å²) in [6, 6.07) is -0.125. The zero-order valence-electron chi connectivity index (χ0n) is 9.13. The lowest BCUT2D eigenvalue weighted by molar-refractivity contribution is -0.123. The first-order valence-corrected chi connectivity index (χ1v) is 5.03. The fourth-order valence-electron chi connectivity index (χ4n) is 1.07. The maximum absolute atomic E-state index is 11.4. The van der Waals surface area contributed by atoms with Gasteiger partial charge in [-0.3, -0.25) is 4.79 Å². The van der Waals surface area contributed by atoms with Gasteiger partial charge in [-0.2, -0.15) is 0 Å². The lowest BCUT2D eigenvalue weighted by Gasteiger charge is -2.17. The number of amides is 1. The number of hydrogen-bond donors (Lipinski definition) is 2. The summed E-state index contributed by atoms with van der Waals surface area (Å²) in [6.45, 7) is 8.16. The SMILES string of the molecule is CC[C@H](C)NC(=O)[C@@H](N)CC(C)C. The Kier molecular flexibility index (Phi) is 5.71. The zero-order valence-corrected chi connectivity index (χ0v) is 9.13. The number of hydrogen-bond acceptors (Lipinski definition) is 2. The van der Waals surface area contributed by atoms with Gasteiger partial charge < -0.3 is 11.1 Å². The molecule has 0 rings (SSSR count). The molecule has 0 heterocycles. The molecule has 1 amide bonds. The molecule has 0 aliphatic rings. The molecule has 0 bridgehead atoms. The second kappa shape index (κ2) is 5.97. The Morgan fingerprint density at radius 1 is 1.38 bits per heavy atom. The molecule has 0 unspecified atom stereocenters. The average Bonchev–Trinajstić information content (AvgIpc) is 2.02. The van der Waals surface area contributed by atoms with Gasteiger partial charge in [0.25, 0.3) is 0 Å². The van der Waals surface area contributed by atoms with Crippen LogP contribution in [0.2, 0.25) is 0 Å². The molecule has 0 aliphatic carbocycles. The molecular formula is C10H22N2O. The fraction of sp³-hybridized carbons (Fsp3) is 0.900. The van der Waals surface area contributed by atoms with Crippen molar-refractivity contribution in [2.24, 2.45) is 11.7 Å². The highest BCUT2D eigenvalue weighted by Crippen LogP contribution is 2.03. The van der Waals surface area contributed by atoms with Gasteiger partial charge in [0.1, 0.15) is 0 Å². The van der Waals surface area contributed by atoms with E-state index in [0.717, 1.165) is 12.8 Å². The summed E-state index contributed by atoms with van der Waals surface area (Å²) in [4.78, 5) is 11.4. The summed E-state index contributed by atoms with van der Waals surface area (Å²) in [7, 11) is 0. The fourth-order valence-corrected chi connectivity index (χ4v) is 1.07. The van der Waals surface area contributed by atoms with Gasteiger partial charge in [-0.25, -0.2) is 0 Å².